The Morgan fingerprint density at radius 1 is 1.24 bits per heavy atom. The van der Waals surface area contributed by atoms with E-state index in [-0.39, 0.29) is 11.8 Å². The molecule has 8 heteroatoms. The van der Waals surface area contributed by atoms with Crippen LogP contribution in [0.1, 0.15) is 32.6 Å². The van der Waals surface area contributed by atoms with Gasteiger partial charge in [0.1, 0.15) is 11.5 Å². The summed E-state index contributed by atoms with van der Waals surface area (Å²) in [5.74, 6) is 0.739. The van der Waals surface area contributed by atoms with Crippen molar-refractivity contribution in [1.82, 2.24) is 9.97 Å². The molecule has 1 fully saturated rings. The van der Waals surface area contributed by atoms with E-state index < -0.39 is 10.0 Å². The number of hydrogen-bond acceptors (Lipinski definition) is 4. The lowest BCUT2D eigenvalue weighted by molar-refractivity contribution is -0.107. The summed E-state index contributed by atoms with van der Waals surface area (Å²) in [4.78, 5) is 21.0. The third-order valence-corrected chi connectivity index (χ3v) is 6.44. The van der Waals surface area contributed by atoms with Crippen LogP contribution in [-0.4, -0.2) is 36.6 Å². The number of fused-ring (bicyclic) bond motifs is 1. The van der Waals surface area contributed by atoms with Gasteiger partial charge in [-0.3, -0.25) is 14.4 Å². The van der Waals surface area contributed by atoms with Gasteiger partial charge >= 0.3 is 0 Å². The van der Waals surface area contributed by atoms with Crippen LogP contribution < -0.4 is 9.62 Å². The second-order valence-electron chi connectivity index (χ2n) is 7.36. The van der Waals surface area contributed by atoms with E-state index in [0.29, 0.717) is 23.6 Å². The van der Waals surface area contributed by atoms with Crippen LogP contribution in [0.4, 0.5) is 11.5 Å². The van der Waals surface area contributed by atoms with Crippen LogP contribution in [0.15, 0.2) is 42.6 Å². The first-order valence-corrected chi connectivity index (χ1v) is 11.5. The second kappa shape index (κ2) is 7.87. The van der Waals surface area contributed by atoms with E-state index >= 15 is 0 Å². The van der Waals surface area contributed by atoms with Crippen molar-refractivity contribution in [2.75, 3.05) is 15.4 Å². The molecule has 7 nitrogen and oxygen atoms in total. The molecule has 0 aliphatic heterocycles. The zero-order valence-corrected chi connectivity index (χ0v) is 17.1. The lowest BCUT2D eigenvalue weighted by Crippen LogP contribution is -2.24. The maximum absolute atomic E-state index is 12.1. The van der Waals surface area contributed by atoms with Crippen LogP contribution in [-0.2, 0) is 14.8 Å². The lowest BCUT2D eigenvalue weighted by Gasteiger charge is -2.17. The van der Waals surface area contributed by atoms with Crippen LogP contribution in [0.5, 0.6) is 0 Å². The van der Waals surface area contributed by atoms with Gasteiger partial charge in [-0.15, -0.1) is 0 Å². The summed E-state index contributed by atoms with van der Waals surface area (Å²) in [5, 5.41) is 0.951. The number of sulfonamides is 1. The molecule has 4 rings (SSSR count). The molecular weight excluding hydrogens is 388 g/mol. The summed E-state index contributed by atoms with van der Waals surface area (Å²) in [5.41, 5.74) is 3.13. The quantitative estimate of drug-likeness (QED) is 0.521. The molecule has 1 saturated carbocycles. The second-order valence-corrected chi connectivity index (χ2v) is 9.21. The lowest BCUT2D eigenvalue weighted by atomic mass is 10.0. The predicted molar refractivity (Wildman–Crippen MR) is 115 cm³/mol. The molecule has 1 aromatic carbocycles. The van der Waals surface area contributed by atoms with Gasteiger partial charge in [0, 0.05) is 23.3 Å². The van der Waals surface area contributed by atoms with E-state index in [1.165, 1.54) is 0 Å². The van der Waals surface area contributed by atoms with Crippen molar-refractivity contribution in [1.29, 1.82) is 0 Å². The number of aromatic amines is 1. The first kappa shape index (κ1) is 19.4. The molecule has 0 saturated heterocycles. The standard InChI is InChI=1S/C21H24N4O3S/c1-2-3-12-29(27,28)24-16-6-4-15(5-7-16)19-13-20(25(14-26)17-8-9-17)23-21-18(19)10-11-22-21/h4-7,10-11,13-14,17,24H,2-3,8-9,12H2,1H3,(H,22,23). The highest BCUT2D eigenvalue weighted by Gasteiger charge is 2.30. The summed E-state index contributed by atoms with van der Waals surface area (Å²) in [6.45, 7) is 1.96. The summed E-state index contributed by atoms with van der Waals surface area (Å²) in [6.07, 6.45) is 6.11. The smallest absolute Gasteiger partial charge is 0.232 e. The van der Waals surface area contributed by atoms with E-state index in [0.717, 1.165) is 42.2 Å². The minimum absolute atomic E-state index is 0.117. The Morgan fingerprint density at radius 3 is 2.66 bits per heavy atom. The fourth-order valence-electron chi connectivity index (χ4n) is 3.36. The Labute approximate surface area is 170 Å². The molecule has 0 bridgehead atoms. The number of carbonyl (C=O) groups excluding carboxylic acids is 1. The highest BCUT2D eigenvalue weighted by molar-refractivity contribution is 7.92. The van der Waals surface area contributed by atoms with Crippen molar-refractivity contribution in [2.45, 2.75) is 38.6 Å². The molecule has 152 valence electrons. The molecule has 0 unspecified atom stereocenters. The number of anilines is 2. The number of hydrogen-bond donors (Lipinski definition) is 2. The van der Waals surface area contributed by atoms with Crippen LogP contribution in [0.2, 0.25) is 0 Å². The maximum atomic E-state index is 12.1. The summed E-state index contributed by atoms with van der Waals surface area (Å²) < 4.78 is 26.9. The Morgan fingerprint density at radius 2 is 2.00 bits per heavy atom. The Hall–Kier alpha value is -2.87. The van der Waals surface area contributed by atoms with E-state index in [9.17, 15) is 13.2 Å². The van der Waals surface area contributed by atoms with Gasteiger partial charge in [0.05, 0.1) is 5.75 Å². The molecule has 0 spiro atoms. The molecule has 29 heavy (non-hydrogen) atoms. The fourth-order valence-corrected chi connectivity index (χ4v) is 4.62. The van der Waals surface area contributed by atoms with Gasteiger partial charge in [0.25, 0.3) is 0 Å². The summed E-state index contributed by atoms with van der Waals surface area (Å²) in [7, 11) is -3.33. The number of pyridine rings is 1. The van der Waals surface area contributed by atoms with Gasteiger partial charge < -0.3 is 4.98 Å². The Balaban J connectivity index is 1.65. The van der Waals surface area contributed by atoms with E-state index in [4.69, 9.17) is 0 Å². The monoisotopic (exact) mass is 412 g/mol. The molecule has 2 N–H and O–H groups in total. The van der Waals surface area contributed by atoms with Crippen molar-refractivity contribution >= 4 is 39.0 Å². The Bertz CT molecular complexity index is 1120. The number of rotatable bonds is 9. The SMILES string of the molecule is CCCCS(=O)(=O)Nc1ccc(-c2cc(N(C=O)C3CC3)nc3[nH]ccc23)cc1. The van der Waals surface area contributed by atoms with Gasteiger partial charge in [0.2, 0.25) is 16.4 Å². The maximum Gasteiger partial charge on any atom is 0.232 e. The molecule has 0 radical (unpaired) electrons. The molecular formula is C21H24N4O3S. The van der Waals surface area contributed by atoms with Crippen LogP contribution >= 0.6 is 0 Å². The topological polar surface area (TPSA) is 95.2 Å². The van der Waals surface area contributed by atoms with Crippen molar-refractivity contribution < 1.29 is 13.2 Å². The molecule has 2 heterocycles. The first-order valence-electron chi connectivity index (χ1n) is 9.83. The van der Waals surface area contributed by atoms with E-state index in [1.807, 2.05) is 37.4 Å². The summed E-state index contributed by atoms with van der Waals surface area (Å²) in [6, 6.07) is 11.4. The molecule has 2 aromatic heterocycles. The van der Waals surface area contributed by atoms with Crippen molar-refractivity contribution in [2.24, 2.45) is 0 Å². The number of unbranched alkanes of at least 4 members (excludes halogenated alkanes) is 1. The highest BCUT2D eigenvalue weighted by atomic mass is 32.2. The number of nitrogens with zero attached hydrogens (tertiary/aromatic N) is 2. The largest absolute Gasteiger partial charge is 0.346 e. The van der Waals surface area contributed by atoms with Crippen molar-refractivity contribution in [3.05, 3.63) is 42.6 Å². The third kappa shape index (κ3) is 4.27. The molecule has 0 atom stereocenters. The third-order valence-electron chi connectivity index (χ3n) is 5.07. The van der Waals surface area contributed by atoms with Gasteiger partial charge in [0.15, 0.2) is 0 Å². The van der Waals surface area contributed by atoms with Crippen LogP contribution in [0.3, 0.4) is 0 Å². The van der Waals surface area contributed by atoms with Gasteiger partial charge in [-0.05, 0) is 54.7 Å². The number of carbonyl (C=O) groups is 1. The zero-order valence-electron chi connectivity index (χ0n) is 16.3. The minimum atomic E-state index is -3.33. The fraction of sp³-hybridized carbons (Fsp3) is 0.333. The zero-order chi connectivity index (χ0) is 20.4. The average Bonchev–Trinajstić information content (AvgIpc) is 3.42. The predicted octanol–water partition coefficient (Wildman–Crippen LogP) is 3.90. The van der Waals surface area contributed by atoms with Crippen molar-refractivity contribution in [3.8, 4) is 11.1 Å². The molecule has 1 aliphatic rings. The van der Waals surface area contributed by atoms with Gasteiger partial charge in [-0.25, -0.2) is 13.4 Å². The highest BCUT2D eigenvalue weighted by Crippen LogP contribution is 2.35. The van der Waals surface area contributed by atoms with Gasteiger partial charge in [-0.2, -0.15) is 0 Å². The molecule has 1 amide bonds. The number of amides is 1. The average molecular weight is 413 g/mol. The first-order chi connectivity index (χ1) is 14.0. The summed E-state index contributed by atoms with van der Waals surface area (Å²) >= 11 is 0. The number of H-pyrrole nitrogens is 1. The number of aromatic nitrogens is 2. The number of nitrogens with one attached hydrogen (secondary N) is 2. The number of benzene rings is 1. The molecule has 3 aromatic rings. The van der Waals surface area contributed by atoms with Crippen LogP contribution in [0, 0.1) is 0 Å². The van der Waals surface area contributed by atoms with E-state index in [1.54, 1.807) is 17.0 Å². The van der Waals surface area contributed by atoms with Gasteiger partial charge in [-0.1, -0.05) is 25.5 Å². The minimum Gasteiger partial charge on any atom is -0.346 e. The van der Waals surface area contributed by atoms with Crippen LogP contribution in [0.25, 0.3) is 22.2 Å². The van der Waals surface area contributed by atoms with Crippen molar-refractivity contribution in [3.63, 3.8) is 0 Å². The Kier molecular flexibility index (Phi) is 5.27. The normalized spacial score (nSPS) is 14.1. The van der Waals surface area contributed by atoms with E-state index in [2.05, 4.69) is 14.7 Å². The molecule has 1 aliphatic carbocycles.